The maximum atomic E-state index is 11.2. The molecule has 2 heterocycles. The minimum absolute atomic E-state index is 0.545. The van der Waals surface area contributed by atoms with Crippen LogP contribution in [0.2, 0.25) is 0 Å². The lowest BCUT2D eigenvalue weighted by Gasteiger charge is -2.22. The van der Waals surface area contributed by atoms with E-state index in [0.717, 1.165) is 37.1 Å². The van der Waals surface area contributed by atoms with Gasteiger partial charge in [-0.2, -0.15) is 0 Å². The summed E-state index contributed by atoms with van der Waals surface area (Å²) in [5, 5.41) is 11.2. The Labute approximate surface area is 203 Å². The number of hydrogen-bond acceptors (Lipinski definition) is 3. The maximum Gasteiger partial charge on any atom is 0.267 e. The van der Waals surface area contributed by atoms with Crippen LogP contribution in [0.4, 0.5) is 0 Å². The number of carbonyl (C=O) groups excluding carboxylic acids is 1. The molecule has 0 unspecified atom stereocenters. The Bertz CT molecular complexity index is 1460. The molecule has 0 aliphatic carbocycles. The molecule has 4 N–H and O–H groups in total. The SMILES string of the molecule is O=C(C=Cc1ccc(CN(CCc2c[nH]c3ccccc23)Cc2c[nH]c3ccccc23)cc1)NO. The number of nitrogens with one attached hydrogen (secondary N) is 3. The Balaban J connectivity index is 1.35. The van der Waals surface area contributed by atoms with E-state index in [1.165, 1.54) is 39.1 Å². The van der Waals surface area contributed by atoms with E-state index >= 15 is 0 Å². The summed E-state index contributed by atoms with van der Waals surface area (Å²) in [4.78, 5) is 20.5. The van der Waals surface area contributed by atoms with Crippen LogP contribution in [-0.4, -0.2) is 32.5 Å². The van der Waals surface area contributed by atoms with Crippen molar-refractivity contribution in [3.8, 4) is 0 Å². The molecule has 0 fully saturated rings. The molecule has 0 spiro atoms. The largest absolute Gasteiger partial charge is 0.361 e. The van der Waals surface area contributed by atoms with Gasteiger partial charge in [0.15, 0.2) is 0 Å². The molecule has 0 aliphatic heterocycles. The molecule has 1 amide bonds. The number of benzene rings is 3. The van der Waals surface area contributed by atoms with Crippen LogP contribution < -0.4 is 5.48 Å². The van der Waals surface area contributed by atoms with Gasteiger partial charge in [-0.1, -0.05) is 60.7 Å². The molecule has 2 aromatic heterocycles. The Hall–Kier alpha value is -4.13. The van der Waals surface area contributed by atoms with Gasteiger partial charge in [0.25, 0.3) is 5.91 Å². The van der Waals surface area contributed by atoms with Gasteiger partial charge in [0.2, 0.25) is 0 Å². The highest BCUT2D eigenvalue weighted by Gasteiger charge is 2.12. The quantitative estimate of drug-likeness (QED) is 0.134. The summed E-state index contributed by atoms with van der Waals surface area (Å²) < 4.78 is 0. The van der Waals surface area contributed by atoms with Crippen molar-refractivity contribution in [1.29, 1.82) is 0 Å². The van der Waals surface area contributed by atoms with Gasteiger partial charge in [0.05, 0.1) is 0 Å². The van der Waals surface area contributed by atoms with E-state index in [9.17, 15) is 4.79 Å². The third-order valence-corrected chi connectivity index (χ3v) is 6.36. The third kappa shape index (κ3) is 5.35. The minimum atomic E-state index is -0.545. The number of carbonyl (C=O) groups is 1. The topological polar surface area (TPSA) is 84.2 Å². The fraction of sp³-hybridized carbons (Fsp3) is 0.138. The van der Waals surface area contributed by atoms with Gasteiger partial charge in [0, 0.05) is 59.9 Å². The fourth-order valence-electron chi connectivity index (χ4n) is 4.54. The summed E-state index contributed by atoms with van der Waals surface area (Å²) in [7, 11) is 0. The van der Waals surface area contributed by atoms with E-state index in [2.05, 4.69) is 87.9 Å². The number of hydroxylamine groups is 1. The number of hydrogen-bond donors (Lipinski definition) is 4. The molecule has 0 saturated heterocycles. The van der Waals surface area contributed by atoms with Gasteiger partial charge in [-0.05, 0) is 46.9 Å². The Morgan fingerprint density at radius 2 is 1.46 bits per heavy atom. The number of aromatic nitrogens is 2. The van der Waals surface area contributed by atoms with Crippen LogP contribution in [0.25, 0.3) is 27.9 Å². The second kappa shape index (κ2) is 10.4. The van der Waals surface area contributed by atoms with Gasteiger partial charge in [-0.15, -0.1) is 0 Å². The number of fused-ring (bicyclic) bond motifs is 2. The molecule has 0 radical (unpaired) electrons. The summed E-state index contributed by atoms with van der Waals surface area (Å²) in [5.74, 6) is -0.545. The van der Waals surface area contributed by atoms with Gasteiger partial charge in [0.1, 0.15) is 0 Å². The summed E-state index contributed by atoms with van der Waals surface area (Å²) >= 11 is 0. The Morgan fingerprint density at radius 1 is 0.829 bits per heavy atom. The molecule has 35 heavy (non-hydrogen) atoms. The van der Waals surface area contributed by atoms with Crippen molar-refractivity contribution < 1.29 is 10.0 Å². The van der Waals surface area contributed by atoms with Crippen LogP contribution >= 0.6 is 0 Å². The second-order valence-electron chi connectivity index (χ2n) is 8.73. The molecule has 5 rings (SSSR count). The molecule has 176 valence electrons. The number of H-pyrrole nitrogens is 2. The van der Waals surface area contributed by atoms with Crippen LogP contribution in [0.1, 0.15) is 22.3 Å². The second-order valence-corrected chi connectivity index (χ2v) is 8.73. The zero-order chi connectivity index (χ0) is 24.0. The summed E-state index contributed by atoms with van der Waals surface area (Å²) in [5.41, 5.74) is 8.65. The molecule has 6 nitrogen and oxygen atoms in total. The van der Waals surface area contributed by atoms with Crippen molar-refractivity contribution >= 4 is 33.8 Å². The first-order valence-corrected chi connectivity index (χ1v) is 11.7. The number of nitrogens with zero attached hydrogens (tertiary/aromatic N) is 1. The molecule has 0 bridgehead atoms. The smallest absolute Gasteiger partial charge is 0.267 e. The summed E-state index contributed by atoms with van der Waals surface area (Å²) in [6, 6.07) is 25.0. The standard InChI is InChI=1S/C29H28N4O2/c34-29(32-35)14-13-21-9-11-22(12-10-21)19-33(20-24-18-31-28-8-4-2-6-26(24)28)16-15-23-17-30-27-7-3-1-5-25(23)27/h1-14,17-18,30-31,35H,15-16,19-20H2,(H,32,34). The highest BCUT2D eigenvalue weighted by atomic mass is 16.5. The molecule has 3 aromatic carbocycles. The highest BCUT2D eigenvalue weighted by molar-refractivity contribution is 5.90. The van der Waals surface area contributed by atoms with Crippen molar-refractivity contribution in [2.75, 3.05) is 6.54 Å². The Morgan fingerprint density at radius 3 is 2.14 bits per heavy atom. The zero-order valence-corrected chi connectivity index (χ0v) is 19.4. The first kappa shape index (κ1) is 22.7. The molecule has 0 aliphatic rings. The average Bonchev–Trinajstić information content (AvgIpc) is 3.51. The first-order chi connectivity index (χ1) is 17.2. The zero-order valence-electron chi connectivity index (χ0n) is 19.4. The van der Waals surface area contributed by atoms with Crippen molar-refractivity contribution in [2.45, 2.75) is 19.5 Å². The Kier molecular flexibility index (Phi) is 6.75. The number of amides is 1. The minimum Gasteiger partial charge on any atom is -0.361 e. The van der Waals surface area contributed by atoms with Gasteiger partial charge >= 0.3 is 0 Å². The predicted molar refractivity (Wildman–Crippen MR) is 140 cm³/mol. The molecular formula is C29H28N4O2. The summed E-state index contributed by atoms with van der Waals surface area (Å²) in [6.07, 6.45) is 8.17. The number of rotatable bonds is 9. The van der Waals surface area contributed by atoms with Gasteiger partial charge < -0.3 is 9.97 Å². The molecular weight excluding hydrogens is 436 g/mol. The number of aromatic amines is 2. The van der Waals surface area contributed by atoms with E-state index in [-0.39, 0.29) is 0 Å². The first-order valence-electron chi connectivity index (χ1n) is 11.7. The fourth-order valence-corrected chi connectivity index (χ4v) is 4.54. The lowest BCUT2D eigenvalue weighted by Crippen LogP contribution is -2.25. The third-order valence-electron chi connectivity index (χ3n) is 6.36. The van der Waals surface area contributed by atoms with Crippen LogP contribution in [0.5, 0.6) is 0 Å². The van der Waals surface area contributed by atoms with Gasteiger partial charge in [-0.25, -0.2) is 5.48 Å². The normalized spacial score (nSPS) is 11.7. The molecule has 0 saturated carbocycles. The molecule has 6 heteroatoms. The number of para-hydroxylation sites is 2. The van der Waals surface area contributed by atoms with Crippen LogP contribution in [0, 0.1) is 0 Å². The van der Waals surface area contributed by atoms with Crippen molar-refractivity contribution in [3.05, 3.63) is 114 Å². The lowest BCUT2D eigenvalue weighted by atomic mass is 10.1. The monoisotopic (exact) mass is 464 g/mol. The molecule has 5 aromatic rings. The van der Waals surface area contributed by atoms with Crippen LogP contribution in [0.3, 0.4) is 0 Å². The summed E-state index contributed by atoms with van der Waals surface area (Å²) in [6.45, 7) is 2.56. The van der Waals surface area contributed by atoms with Crippen molar-refractivity contribution in [3.63, 3.8) is 0 Å². The lowest BCUT2D eigenvalue weighted by molar-refractivity contribution is -0.124. The van der Waals surface area contributed by atoms with E-state index in [0.29, 0.717) is 0 Å². The van der Waals surface area contributed by atoms with Crippen LogP contribution in [-0.2, 0) is 24.3 Å². The van der Waals surface area contributed by atoms with Crippen LogP contribution in [0.15, 0.2) is 91.3 Å². The van der Waals surface area contributed by atoms with E-state index in [1.807, 2.05) is 12.1 Å². The maximum absolute atomic E-state index is 11.2. The average molecular weight is 465 g/mol. The van der Waals surface area contributed by atoms with Crippen molar-refractivity contribution in [1.82, 2.24) is 20.3 Å². The van der Waals surface area contributed by atoms with Crippen molar-refractivity contribution in [2.24, 2.45) is 0 Å². The van der Waals surface area contributed by atoms with E-state index in [4.69, 9.17) is 5.21 Å². The molecule has 0 atom stereocenters. The predicted octanol–water partition coefficient (Wildman–Crippen LogP) is 5.41. The highest BCUT2D eigenvalue weighted by Crippen LogP contribution is 2.22. The van der Waals surface area contributed by atoms with E-state index in [1.54, 1.807) is 11.6 Å². The van der Waals surface area contributed by atoms with E-state index < -0.39 is 5.91 Å². The van der Waals surface area contributed by atoms with Gasteiger partial charge in [-0.3, -0.25) is 14.9 Å².